The van der Waals surface area contributed by atoms with Crippen LogP contribution in [-0.2, 0) is 14.3 Å². The highest BCUT2D eigenvalue weighted by atomic mass is 16.5. The fourth-order valence-corrected chi connectivity index (χ4v) is 1.15. The zero-order valence-electron chi connectivity index (χ0n) is 10.8. The van der Waals surface area contributed by atoms with Crippen molar-refractivity contribution in [2.75, 3.05) is 33.4 Å². The molecule has 0 rings (SSSR count). The smallest absolute Gasteiger partial charge is 0.334 e. The van der Waals surface area contributed by atoms with Crippen molar-refractivity contribution in [3.05, 3.63) is 12.2 Å². The maximum Gasteiger partial charge on any atom is 0.334 e. The van der Waals surface area contributed by atoms with Gasteiger partial charge in [0, 0.05) is 18.7 Å². The maximum atomic E-state index is 11.3. The number of nitrogens with zero attached hydrogens (tertiary/aromatic N) is 1. The van der Waals surface area contributed by atoms with Crippen molar-refractivity contribution >= 4 is 5.97 Å². The molecule has 0 saturated heterocycles. The fraction of sp³-hybridized carbons (Fsp3) is 0.750. The van der Waals surface area contributed by atoms with Crippen molar-refractivity contribution in [3.63, 3.8) is 0 Å². The highest BCUT2D eigenvalue weighted by Crippen LogP contribution is 1.98. The lowest BCUT2D eigenvalue weighted by molar-refractivity contribution is -0.138. The molecule has 0 heterocycles. The van der Waals surface area contributed by atoms with E-state index in [4.69, 9.17) is 9.47 Å². The van der Waals surface area contributed by atoms with E-state index in [1.54, 1.807) is 6.92 Å². The van der Waals surface area contributed by atoms with Crippen molar-refractivity contribution in [1.82, 2.24) is 4.90 Å². The molecule has 0 aliphatic carbocycles. The highest BCUT2D eigenvalue weighted by Gasteiger charge is 2.10. The van der Waals surface area contributed by atoms with Crippen LogP contribution in [0.25, 0.3) is 0 Å². The molecule has 0 bridgehead atoms. The van der Waals surface area contributed by atoms with Crippen LogP contribution in [0.15, 0.2) is 12.2 Å². The molecular weight excluding hydrogens is 206 g/mol. The highest BCUT2D eigenvalue weighted by molar-refractivity contribution is 5.88. The van der Waals surface area contributed by atoms with E-state index < -0.39 is 0 Å². The molecule has 16 heavy (non-hydrogen) atoms. The first-order chi connectivity index (χ1) is 7.47. The van der Waals surface area contributed by atoms with Crippen LogP contribution in [0.1, 0.15) is 20.8 Å². The third kappa shape index (κ3) is 7.43. The summed E-state index contributed by atoms with van der Waals surface area (Å²) in [7, 11) is 1.92. The molecule has 0 fully saturated rings. The minimum absolute atomic E-state index is 0.238. The van der Waals surface area contributed by atoms with E-state index in [1.807, 2.05) is 25.8 Å². The average Bonchev–Trinajstić information content (AvgIpc) is 2.17. The molecule has 0 radical (unpaired) electrons. The monoisotopic (exact) mass is 229 g/mol. The fourth-order valence-electron chi connectivity index (χ4n) is 1.15. The zero-order valence-corrected chi connectivity index (χ0v) is 10.8. The Morgan fingerprint density at radius 2 is 2.06 bits per heavy atom. The second-order valence-electron chi connectivity index (χ2n) is 3.98. The Bertz CT molecular complexity index is 226. The van der Waals surface area contributed by atoms with E-state index in [1.165, 1.54) is 0 Å². The predicted octanol–water partition coefficient (Wildman–Crippen LogP) is 1.46. The molecule has 0 aromatic carbocycles. The number of rotatable bonds is 8. The molecule has 0 N–H and O–H groups in total. The topological polar surface area (TPSA) is 38.8 Å². The van der Waals surface area contributed by atoms with Gasteiger partial charge < -0.3 is 9.47 Å². The summed E-state index contributed by atoms with van der Waals surface area (Å²) in [5.41, 5.74) is 0.480. The van der Waals surface area contributed by atoms with Gasteiger partial charge in [0.2, 0.25) is 0 Å². The lowest BCUT2D eigenvalue weighted by Crippen LogP contribution is -2.28. The van der Waals surface area contributed by atoms with Gasteiger partial charge in [-0.1, -0.05) is 6.58 Å². The third-order valence-corrected chi connectivity index (χ3v) is 1.95. The molecule has 0 saturated carbocycles. The summed E-state index contributed by atoms with van der Waals surface area (Å²) in [4.78, 5) is 13.3. The third-order valence-electron chi connectivity index (χ3n) is 1.95. The maximum absolute atomic E-state index is 11.3. The van der Waals surface area contributed by atoms with E-state index in [2.05, 4.69) is 6.58 Å². The Morgan fingerprint density at radius 1 is 1.44 bits per heavy atom. The minimum Gasteiger partial charge on any atom is -0.463 e. The summed E-state index contributed by atoms with van der Waals surface area (Å²) in [5, 5.41) is 0. The van der Waals surface area contributed by atoms with Crippen molar-refractivity contribution in [1.29, 1.82) is 0 Å². The van der Waals surface area contributed by atoms with E-state index in [-0.39, 0.29) is 12.1 Å². The molecule has 0 aromatic heterocycles. The molecular formula is C12H23NO3. The van der Waals surface area contributed by atoms with Crippen LogP contribution in [0.5, 0.6) is 0 Å². The van der Waals surface area contributed by atoms with Gasteiger partial charge in [-0.25, -0.2) is 4.79 Å². The van der Waals surface area contributed by atoms with Crippen LogP contribution in [0.2, 0.25) is 0 Å². The molecule has 0 aromatic rings. The average molecular weight is 229 g/mol. The van der Waals surface area contributed by atoms with Gasteiger partial charge in [-0.05, 0) is 27.8 Å². The van der Waals surface area contributed by atoms with Crippen LogP contribution >= 0.6 is 0 Å². The number of likely N-dealkylation sites (N-methyl/N-ethyl adjacent to an activating group) is 1. The molecule has 0 aliphatic rings. The molecule has 4 nitrogen and oxygen atoms in total. The van der Waals surface area contributed by atoms with Gasteiger partial charge in [-0.15, -0.1) is 0 Å². The first-order valence-electron chi connectivity index (χ1n) is 5.62. The van der Waals surface area contributed by atoms with Crippen LogP contribution < -0.4 is 0 Å². The SMILES string of the molecule is C=C(CN(C)CCOC(C)C)C(=O)OCC. The second kappa shape index (κ2) is 8.30. The second-order valence-corrected chi connectivity index (χ2v) is 3.98. The molecule has 94 valence electrons. The number of carbonyl (C=O) groups is 1. The lowest BCUT2D eigenvalue weighted by atomic mass is 10.3. The molecule has 0 unspecified atom stereocenters. The number of carbonyl (C=O) groups excluding carboxylic acids is 1. The first kappa shape index (κ1) is 15.1. The van der Waals surface area contributed by atoms with Crippen molar-refractivity contribution in [2.24, 2.45) is 0 Å². The van der Waals surface area contributed by atoms with Gasteiger partial charge in [-0.3, -0.25) is 4.90 Å². The summed E-state index contributed by atoms with van der Waals surface area (Å²) in [5.74, 6) is -0.320. The molecule has 0 atom stereocenters. The summed E-state index contributed by atoms with van der Waals surface area (Å²) in [6, 6.07) is 0. The van der Waals surface area contributed by atoms with Crippen LogP contribution in [0.4, 0.5) is 0 Å². The number of esters is 1. The Balaban J connectivity index is 3.73. The first-order valence-corrected chi connectivity index (χ1v) is 5.62. The largest absolute Gasteiger partial charge is 0.463 e. The van der Waals surface area contributed by atoms with Crippen molar-refractivity contribution < 1.29 is 14.3 Å². The molecule has 4 heteroatoms. The normalized spacial score (nSPS) is 10.9. The van der Waals surface area contributed by atoms with Crippen LogP contribution in [0, 0.1) is 0 Å². The standard InChI is InChI=1S/C12H23NO3/c1-6-15-12(14)11(4)9-13(5)7-8-16-10(2)3/h10H,4,6-9H2,1-3,5H3. The summed E-state index contributed by atoms with van der Waals surface area (Å²) in [6.45, 7) is 11.8. The Morgan fingerprint density at radius 3 is 2.56 bits per heavy atom. The number of hydrogen-bond acceptors (Lipinski definition) is 4. The van der Waals surface area contributed by atoms with Gasteiger partial charge in [-0.2, -0.15) is 0 Å². The molecule has 0 amide bonds. The van der Waals surface area contributed by atoms with Gasteiger partial charge >= 0.3 is 5.97 Å². The minimum atomic E-state index is -0.320. The number of hydrogen-bond donors (Lipinski definition) is 0. The van der Waals surface area contributed by atoms with E-state index in [0.29, 0.717) is 25.3 Å². The Labute approximate surface area is 98.2 Å². The van der Waals surface area contributed by atoms with Gasteiger partial charge in [0.1, 0.15) is 0 Å². The molecule has 0 spiro atoms. The van der Waals surface area contributed by atoms with E-state index >= 15 is 0 Å². The van der Waals surface area contributed by atoms with Crippen molar-refractivity contribution in [2.45, 2.75) is 26.9 Å². The Kier molecular flexibility index (Phi) is 7.85. The summed E-state index contributed by atoms with van der Waals surface area (Å²) in [6.07, 6.45) is 0.238. The summed E-state index contributed by atoms with van der Waals surface area (Å²) < 4.78 is 10.3. The van der Waals surface area contributed by atoms with Crippen molar-refractivity contribution in [3.8, 4) is 0 Å². The predicted molar refractivity (Wildman–Crippen MR) is 64.4 cm³/mol. The van der Waals surface area contributed by atoms with Gasteiger partial charge in [0.15, 0.2) is 0 Å². The van der Waals surface area contributed by atoms with Crippen LogP contribution in [-0.4, -0.2) is 50.3 Å². The number of ether oxygens (including phenoxy) is 2. The van der Waals surface area contributed by atoms with Gasteiger partial charge in [0.25, 0.3) is 0 Å². The molecule has 0 aliphatic heterocycles. The van der Waals surface area contributed by atoms with Gasteiger partial charge in [0.05, 0.1) is 19.3 Å². The van der Waals surface area contributed by atoms with Crippen LogP contribution in [0.3, 0.4) is 0 Å². The lowest BCUT2D eigenvalue weighted by Gasteiger charge is -2.18. The zero-order chi connectivity index (χ0) is 12.6. The quantitative estimate of drug-likeness (QED) is 0.466. The summed E-state index contributed by atoms with van der Waals surface area (Å²) >= 11 is 0. The van der Waals surface area contributed by atoms with E-state index in [9.17, 15) is 4.79 Å². The Hall–Kier alpha value is -0.870. The van der Waals surface area contributed by atoms with E-state index in [0.717, 1.165) is 6.54 Å².